The Bertz CT molecular complexity index is 421. The Kier molecular flexibility index (Phi) is 4.75. The van der Waals surface area contributed by atoms with Crippen molar-refractivity contribution in [3.63, 3.8) is 0 Å². The molecule has 2 nitrogen and oxygen atoms in total. The molecule has 1 aliphatic rings. The molecule has 0 amide bonds. The van der Waals surface area contributed by atoms with Crippen LogP contribution in [0.4, 0.5) is 0 Å². The maximum Gasteiger partial charge on any atom is 0.125 e. The molecule has 0 bridgehead atoms. The van der Waals surface area contributed by atoms with Crippen LogP contribution in [0.2, 0.25) is 5.02 Å². The van der Waals surface area contributed by atoms with E-state index in [0.29, 0.717) is 11.5 Å². The van der Waals surface area contributed by atoms with E-state index in [1.54, 1.807) is 0 Å². The lowest BCUT2D eigenvalue weighted by Gasteiger charge is -2.19. The fourth-order valence-corrected chi connectivity index (χ4v) is 2.08. The number of nitrogens with one attached hydrogen (secondary N) is 1. The molecule has 0 atom stereocenters. The van der Waals surface area contributed by atoms with Crippen molar-refractivity contribution in [2.24, 2.45) is 5.41 Å². The minimum atomic E-state index is 0.297. The van der Waals surface area contributed by atoms with Crippen molar-refractivity contribution in [3.8, 4) is 5.75 Å². The fourth-order valence-electron chi connectivity index (χ4n) is 1.85. The highest BCUT2D eigenvalue weighted by molar-refractivity contribution is 6.31. The van der Waals surface area contributed by atoms with Gasteiger partial charge in [-0.25, -0.2) is 0 Å². The van der Waals surface area contributed by atoms with Crippen LogP contribution >= 0.6 is 11.6 Å². The number of rotatable bonds is 6. The van der Waals surface area contributed by atoms with Crippen molar-refractivity contribution >= 4 is 11.6 Å². The summed E-state index contributed by atoms with van der Waals surface area (Å²) in [7, 11) is 0. The number of hydrogen-bond acceptors (Lipinski definition) is 2. The second kappa shape index (κ2) is 6.15. The van der Waals surface area contributed by atoms with E-state index in [4.69, 9.17) is 16.3 Å². The first-order valence-corrected chi connectivity index (χ1v) is 7.47. The van der Waals surface area contributed by atoms with Crippen molar-refractivity contribution < 1.29 is 4.74 Å². The van der Waals surface area contributed by atoms with Crippen molar-refractivity contribution in [1.29, 1.82) is 0 Å². The molecule has 1 N–H and O–H groups in total. The monoisotopic (exact) mass is 281 g/mol. The van der Waals surface area contributed by atoms with Crippen LogP contribution < -0.4 is 10.1 Å². The molecule has 1 saturated carbocycles. The third-order valence-electron chi connectivity index (χ3n) is 3.33. The van der Waals surface area contributed by atoms with Gasteiger partial charge in [0.2, 0.25) is 0 Å². The van der Waals surface area contributed by atoms with E-state index < -0.39 is 0 Å². The third-order valence-corrected chi connectivity index (χ3v) is 3.68. The van der Waals surface area contributed by atoms with Gasteiger partial charge in [-0.05, 0) is 36.8 Å². The van der Waals surface area contributed by atoms with Gasteiger partial charge in [0.05, 0.1) is 6.61 Å². The molecule has 19 heavy (non-hydrogen) atoms. The van der Waals surface area contributed by atoms with E-state index in [2.05, 4.69) is 26.1 Å². The van der Waals surface area contributed by atoms with Crippen LogP contribution in [0.15, 0.2) is 18.2 Å². The normalized spacial score (nSPS) is 15.6. The maximum atomic E-state index is 6.28. The third kappa shape index (κ3) is 5.04. The average Bonchev–Trinajstić information content (AvgIpc) is 3.10. The summed E-state index contributed by atoms with van der Waals surface area (Å²) < 4.78 is 5.92. The van der Waals surface area contributed by atoms with Gasteiger partial charge in [-0.2, -0.15) is 0 Å². The van der Waals surface area contributed by atoms with Crippen LogP contribution in [0.5, 0.6) is 5.75 Å². The first kappa shape index (κ1) is 14.7. The zero-order valence-corrected chi connectivity index (χ0v) is 12.9. The standard InChI is InChI=1S/C16H24ClNO/c1-16(2,3)9-10-19-15-6-4-5-14(17)13(15)11-18-12-7-8-12/h4-6,12,18H,7-11H2,1-3H3. The number of hydrogen-bond donors (Lipinski definition) is 1. The molecule has 106 valence electrons. The van der Waals surface area contributed by atoms with Gasteiger partial charge >= 0.3 is 0 Å². The van der Waals surface area contributed by atoms with Gasteiger partial charge in [-0.1, -0.05) is 38.4 Å². The molecule has 0 aliphatic heterocycles. The summed E-state index contributed by atoms with van der Waals surface area (Å²) in [5, 5.41) is 4.29. The second-order valence-corrected chi connectivity index (χ2v) is 6.94. The largest absolute Gasteiger partial charge is 0.493 e. The summed E-state index contributed by atoms with van der Waals surface area (Å²) in [5.74, 6) is 0.921. The Morgan fingerprint density at radius 2 is 2.05 bits per heavy atom. The summed E-state index contributed by atoms with van der Waals surface area (Å²) in [6.45, 7) is 8.22. The smallest absolute Gasteiger partial charge is 0.125 e. The Labute approximate surface area is 121 Å². The second-order valence-electron chi connectivity index (χ2n) is 6.53. The molecule has 0 unspecified atom stereocenters. The molecule has 0 aromatic heterocycles. The molecule has 2 rings (SSSR count). The maximum absolute atomic E-state index is 6.28. The van der Waals surface area contributed by atoms with E-state index in [1.165, 1.54) is 12.8 Å². The Balaban J connectivity index is 1.95. The van der Waals surface area contributed by atoms with E-state index in [1.807, 2.05) is 18.2 Å². The van der Waals surface area contributed by atoms with Crippen molar-refractivity contribution in [3.05, 3.63) is 28.8 Å². The Morgan fingerprint density at radius 3 is 2.68 bits per heavy atom. The quantitative estimate of drug-likeness (QED) is 0.834. The molecule has 3 heteroatoms. The SMILES string of the molecule is CC(C)(C)CCOc1cccc(Cl)c1CNC1CC1. The minimum absolute atomic E-state index is 0.297. The van der Waals surface area contributed by atoms with Gasteiger partial charge < -0.3 is 10.1 Å². The summed E-state index contributed by atoms with van der Waals surface area (Å²) in [4.78, 5) is 0. The zero-order chi connectivity index (χ0) is 13.9. The predicted octanol–water partition coefficient (Wildman–Crippen LogP) is 4.41. The molecule has 0 radical (unpaired) electrons. The zero-order valence-electron chi connectivity index (χ0n) is 12.1. The summed E-state index contributed by atoms with van der Waals surface area (Å²) in [6.07, 6.45) is 3.60. The van der Waals surface area contributed by atoms with Crippen LogP contribution in [0.25, 0.3) is 0 Å². The topological polar surface area (TPSA) is 21.3 Å². The van der Waals surface area contributed by atoms with Gasteiger partial charge in [0, 0.05) is 23.2 Å². The molecule has 0 saturated heterocycles. The summed E-state index contributed by atoms with van der Waals surface area (Å²) in [6, 6.07) is 6.58. The minimum Gasteiger partial charge on any atom is -0.493 e. The summed E-state index contributed by atoms with van der Waals surface area (Å²) in [5.41, 5.74) is 1.38. The molecule has 1 aliphatic carbocycles. The molecule has 1 aromatic carbocycles. The van der Waals surface area contributed by atoms with E-state index in [0.717, 1.165) is 35.9 Å². The van der Waals surface area contributed by atoms with E-state index >= 15 is 0 Å². The van der Waals surface area contributed by atoms with Crippen molar-refractivity contribution in [2.75, 3.05) is 6.61 Å². The summed E-state index contributed by atoms with van der Waals surface area (Å²) >= 11 is 6.28. The van der Waals surface area contributed by atoms with Gasteiger partial charge in [0.15, 0.2) is 0 Å². The first-order valence-electron chi connectivity index (χ1n) is 7.09. The number of halogens is 1. The van der Waals surface area contributed by atoms with E-state index in [-0.39, 0.29) is 0 Å². The predicted molar refractivity (Wildman–Crippen MR) is 80.9 cm³/mol. The number of benzene rings is 1. The Hall–Kier alpha value is -0.730. The highest BCUT2D eigenvalue weighted by Crippen LogP contribution is 2.29. The lowest BCUT2D eigenvalue weighted by molar-refractivity contribution is 0.241. The van der Waals surface area contributed by atoms with Crippen LogP contribution in [0.3, 0.4) is 0 Å². The fraction of sp³-hybridized carbons (Fsp3) is 0.625. The highest BCUT2D eigenvalue weighted by Gasteiger charge is 2.21. The molecule has 0 spiro atoms. The molecular weight excluding hydrogens is 258 g/mol. The molecular formula is C16H24ClNO. The van der Waals surface area contributed by atoms with Gasteiger partial charge in [0.25, 0.3) is 0 Å². The average molecular weight is 282 g/mol. The first-order chi connectivity index (χ1) is 8.96. The van der Waals surface area contributed by atoms with Gasteiger partial charge in [-0.15, -0.1) is 0 Å². The van der Waals surface area contributed by atoms with Crippen LogP contribution in [-0.4, -0.2) is 12.6 Å². The molecule has 1 aromatic rings. The van der Waals surface area contributed by atoms with Gasteiger partial charge in [0.1, 0.15) is 5.75 Å². The van der Waals surface area contributed by atoms with Gasteiger partial charge in [-0.3, -0.25) is 0 Å². The van der Waals surface area contributed by atoms with Crippen LogP contribution in [-0.2, 0) is 6.54 Å². The lowest BCUT2D eigenvalue weighted by atomic mass is 9.93. The molecule has 0 heterocycles. The number of ether oxygens (including phenoxy) is 1. The highest BCUT2D eigenvalue weighted by atomic mass is 35.5. The Morgan fingerprint density at radius 1 is 1.32 bits per heavy atom. The molecule has 1 fully saturated rings. The van der Waals surface area contributed by atoms with E-state index in [9.17, 15) is 0 Å². The lowest BCUT2D eigenvalue weighted by Crippen LogP contribution is -2.17. The van der Waals surface area contributed by atoms with Crippen molar-refractivity contribution in [1.82, 2.24) is 5.32 Å². The van der Waals surface area contributed by atoms with Crippen LogP contribution in [0, 0.1) is 5.41 Å². The van der Waals surface area contributed by atoms with Crippen molar-refractivity contribution in [2.45, 2.75) is 52.6 Å². The van der Waals surface area contributed by atoms with Crippen LogP contribution in [0.1, 0.15) is 45.6 Å².